The van der Waals surface area contributed by atoms with Crippen molar-refractivity contribution in [1.82, 2.24) is 4.90 Å². The van der Waals surface area contributed by atoms with Crippen molar-refractivity contribution in [2.45, 2.75) is 60.3 Å². The average molecular weight is 223 g/mol. The summed E-state index contributed by atoms with van der Waals surface area (Å²) < 4.78 is 0. The summed E-state index contributed by atoms with van der Waals surface area (Å²) in [6, 6.07) is 0. The third-order valence-corrected chi connectivity index (χ3v) is 2.72. The van der Waals surface area contributed by atoms with Gasteiger partial charge < -0.3 is 4.90 Å². The summed E-state index contributed by atoms with van der Waals surface area (Å²) in [5.74, 6) is 0. The fourth-order valence-electron chi connectivity index (χ4n) is 1.75. The molecule has 0 aliphatic rings. The van der Waals surface area contributed by atoms with E-state index in [4.69, 9.17) is 0 Å². The van der Waals surface area contributed by atoms with E-state index in [0.717, 1.165) is 12.8 Å². The summed E-state index contributed by atoms with van der Waals surface area (Å²) in [5, 5.41) is 0. The number of rotatable bonds is 8. The smallest absolute Gasteiger partial charge is 0.0324 e. The molecule has 0 aliphatic heterocycles. The average Bonchev–Trinajstić information content (AvgIpc) is 2.28. The molecule has 0 aliphatic carbocycles. The molecule has 0 heterocycles. The predicted octanol–water partition coefficient (Wildman–Crippen LogP) is 4.76. The lowest BCUT2D eigenvalue weighted by Gasteiger charge is -2.25. The molecule has 0 aromatic heterocycles. The Labute approximate surface area is 102 Å². The molecule has 0 fully saturated rings. The van der Waals surface area contributed by atoms with Gasteiger partial charge in [-0.15, -0.1) is 0 Å². The molecule has 0 amide bonds. The van der Waals surface area contributed by atoms with Crippen molar-refractivity contribution in [2.75, 3.05) is 13.1 Å². The van der Waals surface area contributed by atoms with Gasteiger partial charge in [-0.2, -0.15) is 0 Å². The molecule has 0 rings (SSSR count). The van der Waals surface area contributed by atoms with E-state index in [1.54, 1.807) is 0 Å². The Balaban J connectivity index is 4.77. The second kappa shape index (κ2) is 9.50. The lowest BCUT2D eigenvalue weighted by Crippen LogP contribution is -2.24. The number of hydrogen-bond donors (Lipinski definition) is 0. The van der Waals surface area contributed by atoms with E-state index in [1.165, 1.54) is 37.2 Å². The Morgan fingerprint density at radius 2 is 1.56 bits per heavy atom. The summed E-state index contributed by atoms with van der Waals surface area (Å²) in [5.41, 5.74) is 2.89. The van der Waals surface area contributed by atoms with Crippen LogP contribution in [0, 0.1) is 0 Å². The number of allylic oxidation sites excluding steroid dienone is 3. The fourth-order valence-corrected chi connectivity index (χ4v) is 1.75. The SMILES string of the molecule is CC/C=C(/C=C(\C)CC)N(CCC)CCC. The zero-order chi connectivity index (χ0) is 12.4. The van der Waals surface area contributed by atoms with E-state index < -0.39 is 0 Å². The second-order valence-electron chi connectivity index (χ2n) is 4.37. The van der Waals surface area contributed by atoms with Crippen LogP contribution >= 0.6 is 0 Å². The van der Waals surface area contributed by atoms with Gasteiger partial charge in [0.2, 0.25) is 0 Å². The second-order valence-corrected chi connectivity index (χ2v) is 4.37. The summed E-state index contributed by atoms with van der Waals surface area (Å²) >= 11 is 0. The molecule has 1 nitrogen and oxygen atoms in total. The minimum Gasteiger partial charge on any atom is -0.372 e. The quantitative estimate of drug-likeness (QED) is 0.536. The van der Waals surface area contributed by atoms with Crippen LogP contribution in [0.4, 0.5) is 0 Å². The highest BCUT2D eigenvalue weighted by molar-refractivity contribution is 5.21. The monoisotopic (exact) mass is 223 g/mol. The third-order valence-electron chi connectivity index (χ3n) is 2.72. The van der Waals surface area contributed by atoms with Crippen LogP contribution in [-0.4, -0.2) is 18.0 Å². The van der Waals surface area contributed by atoms with E-state index in [0.29, 0.717) is 0 Å². The minimum absolute atomic E-state index is 1.12. The Morgan fingerprint density at radius 1 is 1.00 bits per heavy atom. The largest absolute Gasteiger partial charge is 0.372 e. The molecule has 94 valence electrons. The highest BCUT2D eigenvalue weighted by atomic mass is 15.1. The maximum absolute atomic E-state index is 2.52. The van der Waals surface area contributed by atoms with E-state index in [2.05, 4.69) is 51.7 Å². The first-order valence-electron chi connectivity index (χ1n) is 6.81. The highest BCUT2D eigenvalue weighted by Crippen LogP contribution is 2.13. The molecule has 1 heteroatoms. The van der Waals surface area contributed by atoms with Crippen LogP contribution in [0.2, 0.25) is 0 Å². The van der Waals surface area contributed by atoms with Crippen molar-refractivity contribution in [2.24, 2.45) is 0 Å². The van der Waals surface area contributed by atoms with Gasteiger partial charge in [0, 0.05) is 18.8 Å². The minimum atomic E-state index is 1.12. The van der Waals surface area contributed by atoms with Gasteiger partial charge in [0.25, 0.3) is 0 Å². The first-order chi connectivity index (χ1) is 7.69. The van der Waals surface area contributed by atoms with Gasteiger partial charge >= 0.3 is 0 Å². The molecular formula is C15H29N. The van der Waals surface area contributed by atoms with Gasteiger partial charge in [0.15, 0.2) is 0 Å². The van der Waals surface area contributed by atoms with Gasteiger partial charge in [0.05, 0.1) is 0 Å². The maximum Gasteiger partial charge on any atom is 0.0324 e. The molecule has 16 heavy (non-hydrogen) atoms. The Bertz CT molecular complexity index is 220. The lowest BCUT2D eigenvalue weighted by atomic mass is 10.1. The Morgan fingerprint density at radius 3 is 1.94 bits per heavy atom. The van der Waals surface area contributed by atoms with Crippen LogP contribution in [0.15, 0.2) is 23.4 Å². The predicted molar refractivity (Wildman–Crippen MR) is 74.6 cm³/mol. The van der Waals surface area contributed by atoms with Crippen molar-refractivity contribution in [1.29, 1.82) is 0 Å². The van der Waals surface area contributed by atoms with Crippen molar-refractivity contribution in [3.8, 4) is 0 Å². The molecule has 0 aromatic rings. The summed E-state index contributed by atoms with van der Waals surface area (Å²) in [6.45, 7) is 13.5. The van der Waals surface area contributed by atoms with E-state index in [9.17, 15) is 0 Å². The van der Waals surface area contributed by atoms with Crippen LogP contribution in [0.5, 0.6) is 0 Å². The van der Waals surface area contributed by atoms with Crippen molar-refractivity contribution in [3.05, 3.63) is 23.4 Å². The molecule has 0 saturated carbocycles. The molecule has 0 unspecified atom stereocenters. The van der Waals surface area contributed by atoms with Crippen molar-refractivity contribution in [3.63, 3.8) is 0 Å². The van der Waals surface area contributed by atoms with Crippen molar-refractivity contribution < 1.29 is 0 Å². The normalized spacial score (nSPS) is 13.1. The van der Waals surface area contributed by atoms with Crippen LogP contribution in [-0.2, 0) is 0 Å². The van der Waals surface area contributed by atoms with Gasteiger partial charge in [-0.25, -0.2) is 0 Å². The topological polar surface area (TPSA) is 3.24 Å². The molecule has 0 N–H and O–H groups in total. The summed E-state index contributed by atoms with van der Waals surface area (Å²) in [4.78, 5) is 2.52. The van der Waals surface area contributed by atoms with E-state index in [1.807, 2.05) is 0 Å². The molecule has 0 saturated heterocycles. The first-order valence-corrected chi connectivity index (χ1v) is 6.81. The Kier molecular flexibility index (Phi) is 9.07. The lowest BCUT2D eigenvalue weighted by molar-refractivity contribution is 0.353. The summed E-state index contributed by atoms with van der Waals surface area (Å²) in [6.07, 6.45) is 9.42. The molecule has 0 spiro atoms. The van der Waals surface area contributed by atoms with Gasteiger partial charge in [-0.3, -0.25) is 0 Å². The molecule has 0 radical (unpaired) electrons. The molecule has 0 bridgehead atoms. The van der Waals surface area contributed by atoms with Crippen LogP contribution in [0.3, 0.4) is 0 Å². The van der Waals surface area contributed by atoms with Gasteiger partial charge in [-0.1, -0.05) is 39.3 Å². The van der Waals surface area contributed by atoms with E-state index in [-0.39, 0.29) is 0 Å². The van der Waals surface area contributed by atoms with Crippen LogP contribution < -0.4 is 0 Å². The van der Waals surface area contributed by atoms with Crippen molar-refractivity contribution >= 4 is 0 Å². The molecular weight excluding hydrogens is 194 g/mol. The first kappa shape index (κ1) is 15.3. The zero-order valence-corrected chi connectivity index (χ0v) is 11.8. The van der Waals surface area contributed by atoms with Crippen LogP contribution in [0.25, 0.3) is 0 Å². The standard InChI is InChI=1S/C15H29N/c1-6-10-15(13-14(5)9-4)16(11-7-2)12-8-3/h10,13H,6-9,11-12H2,1-5H3/b14-13+,15-10-. The maximum atomic E-state index is 2.52. The Hall–Kier alpha value is -0.720. The number of nitrogens with zero attached hydrogens (tertiary/aromatic N) is 1. The van der Waals surface area contributed by atoms with Gasteiger partial charge in [-0.05, 0) is 38.7 Å². The van der Waals surface area contributed by atoms with Crippen LogP contribution in [0.1, 0.15) is 60.3 Å². The fraction of sp³-hybridized carbons (Fsp3) is 0.733. The number of hydrogen-bond acceptors (Lipinski definition) is 1. The molecule has 0 atom stereocenters. The third kappa shape index (κ3) is 5.99. The highest BCUT2D eigenvalue weighted by Gasteiger charge is 2.04. The van der Waals surface area contributed by atoms with E-state index >= 15 is 0 Å². The summed E-state index contributed by atoms with van der Waals surface area (Å²) in [7, 11) is 0. The van der Waals surface area contributed by atoms with Gasteiger partial charge in [0.1, 0.15) is 0 Å². The molecule has 0 aromatic carbocycles. The zero-order valence-electron chi connectivity index (χ0n) is 11.8.